The van der Waals surface area contributed by atoms with Crippen LogP contribution in [-0.4, -0.2) is 6.54 Å². The molecule has 1 aromatic rings. The van der Waals surface area contributed by atoms with E-state index in [4.69, 9.17) is 5.73 Å². The number of anilines is 2. The summed E-state index contributed by atoms with van der Waals surface area (Å²) in [5, 5.41) is 3.46. The molecule has 0 spiro atoms. The summed E-state index contributed by atoms with van der Waals surface area (Å²) >= 11 is 3.47. The molecule has 2 nitrogen and oxygen atoms in total. The first-order chi connectivity index (χ1) is 7.91. The van der Waals surface area contributed by atoms with E-state index in [0.717, 1.165) is 22.4 Å². The molecule has 0 aromatic heterocycles. The van der Waals surface area contributed by atoms with Crippen molar-refractivity contribution in [2.24, 2.45) is 17.8 Å². The number of nitrogens with one attached hydrogen (secondary N) is 1. The van der Waals surface area contributed by atoms with Crippen LogP contribution in [0, 0.1) is 17.8 Å². The molecule has 3 heteroatoms. The molecule has 0 unspecified atom stereocenters. The molecule has 0 saturated carbocycles. The summed E-state index contributed by atoms with van der Waals surface area (Å²) in [4.78, 5) is 0. The highest BCUT2D eigenvalue weighted by Crippen LogP contribution is 2.26. The summed E-state index contributed by atoms with van der Waals surface area (Å²) in [7, 11) is 0. The molecular weight excluding hydrogens is 276 g/mol. The topological polar surface area (TPSA) is 38.0 Å². The van der Waals surface area contributed by atoms with Crippen LogP contribution in [-0.2, 0) is 0 Å². The molecule has 0 bridgehead atoms. The van der Waals surface area contributed by atoms with Crippen molar-refractivity contribution >= 4 is 27.3 Å². The maximum atomic E-state index is 5.94. The maximum absolute atomic E-state index is 5.94. The first-order valence-electron chi connectivity index (χ1n) is 6.20. The van der Waals surface area contributed by atoms with Crippen LogP contribution in [0.2, 0.25) is 0 Å². The molecule has 1 aromatic carbocycles. The molecule has 0 fully saturated rings. The standard InChI is InChI=1S/C14H23BrN2/c1-9(2)12(10(3)4)8-17-14-7-11(15)5-6-13(14)16/h5-7,9-10,12,17H,8,16H2,1-4H3. The third kappa shape index (κ3) is 4.23. The molecule has 0 aliphatic heterocycles. The fourth-order valence-corrected chi connectivity index (χ4v) is 2.51. The first kappa shape index (κ1) is 14.4. The molecule has 96 valence electrons. The normalized spacial score (nSPS) is 11.5. The Morgan fingerprint density at radius 1 is 1.18 bits per heavy atom. The highest BCUT2D eigenvalue weighted by Gasteiger charge is 2.17. The Morgan fingerprint density at radius 2 is 1.76 bits per heavy atom. The van der Waals surface area contributed by atoms with Crippen molar-refractivity contribution in [2.75, 3.05) is 17.6 Å². The van der Waals surface area contributed by atoms with Crippen LogP contribution in [0.25, 0.3) is 0 Å². The van der Waals surface area contributed by atoms with Crippen LogP contribution in [0.5, 0.6) is 0 Å². The summed E-state index contributed by atoms with van der Waals surface area (Å²) in [6.07, 6.45) is 0. The minimum absolute atomic E-state index is 0.661. The molecule has 3 N–H and O–H groups in total. The van der Waals surface area contributed by atoms with Gasteiger partial charge in [-0.15, -0.1) is 0 Å². The third-order valence-electron chi connectivity index (χ3n) is 3.26. The van der Waals surface area contributed by atoms with Gasteiger partial charge in [-0.25, -0.2) is 0 Å². The average molecular weight is 299 g/mol. The lowest BCUT2D eigenvalue weighted by atomic mass is 9.85. The lowest BCUT2D eigenvalue weighted by molar-refractivity contribution is 0.304. The van der Waals surface area contributed by atoms with Crippen LogP contribution in [0.1, 0.15) is 27.7 Å². The van der Waals surface area contributed by atoms with Gasteiger partial charge in [-0.05, 0) is 36.0 Å². The number of hydrogen-bond donors (Lipinski definition) is 2. The quantitative estimate of drug-likeness (QED) is 0.792. The van der Waals surface area contributed by atoms with Crippen molar-refractivity contribution in [1.82, 2.24) is 0 Å². The van der Waals surface area contributed by atoms with Gasteiger partial charge in [0, 0.05) is 11.0 Å². The SMILES string of the molecule is CC(C)C(CNc1cc(Br)ccc1N)C(C)C. The Bertz CT molecular complexity index is 353. The molecule has 0 aliphatic rings. The van der Waals surface area contributed by atoms with Gasteiger partial charge in [0.15, 0.2) is 0 Å². The summed E-state index contributed by atoms with van der Waals surface area (Å²) < 4.78 is 1.06. The molecule has 0 amide bonds. The van der Waals surface area contributed by atoms with E-state index in [1.54, 1.807) is 0 Å². The van der Waals surface area contributed by atoms with Gasteiger partial charge in [0.25, 0.3) is 0 Å². The van der Waals surface area contributed by atoms with Crippen molar-refractivity contribution < 1.29 is 0 Å². The molecule has 0 radical (unpaired) electrons. The predicted octanol–water partition coefficient (Wildman–Crippen LogP) is 4.37. The fraction of sp³-hybridized carbons (Fsp3) is 0.571. The van der Waals surface area contributed by atoms with Gasteiger partial charge in [-0.3, -0.25) is 0 Å². The second-order valence-electron chi connectivity index (χ2n) is 5.26. The minimum Gasteiger partial charge on any atom is -0.397 e. The monoisotopic (exact) mass is 298 g/mol. The van der Waals surface area contributed by atoms with Crippen LogP contribution < -0.4 is 11.1 Å². The number of hydrogen-bond acceptors (Lipinski definition) is 2. The van der Waals surface area contributed by atoms with Crippen molar-refractivity contribution in [1.29, 1.82) is 0 Å². The number of nitrogens with two attached hydrogens (primary N) is 1. The van der Waals surface area contributed by atoms with Gasteiger partial charge >= 0.3 is 0 Å². The van der Waals surface area contributed by atoms with Crippen LogP contribution in [0.15, 0.2) is 22.7 Å². The van der Waals surface area contributed by atoms with E-state index in [0.29, 0.717) is 17.8 Å². The third-order valence-corrected chi connectivity index (χ3v) is 3.75. The van der Waals surface area contributed by atoms with E-state index in [2.05, 4.69) is 48.9 Å². The van der Waals surface area contributed by atoms with E-state index in [9.17, 15) is 0 Å². The molecule has 0 atom stereocenters. The van der Waals surface area contributed by atoms with Crippen molar-refractivity contribution in [3.8, 4) is 0 Å². The highest BCUT2D eigenvalue weighted by atomic mass is 79.9. The molecule has 1 rings (SSSR count). The Balaban J connectivity index is 2.68. The Morgan fingerprint density at radius 3 is 2.29 bits per heavy atom. The van der Waals surface area contributed by atoms with E-state index in [1.807, 2.05) is 18.2 Å². The first-order valence-corrected chi connectivity index (χ1v) is 7.00. The summed E-state index contributed by atoms with van der Waals surface area (Å²) in [5.41, 5.74) is 7.77. The zero-order valence-electron chi connectivity index (χ0n) is 11.1. The predicted molar refractivity (Wildman–Crippen MR) is 80.2 cm³/mol. The molecule has 17 heavy (non-hydrogen) atoms. The van der Waals surface area contributed by atoms with E-state index < -0.39 is 0 Å². The van der Waals surface area contributed by atoms with E-state index >= 15 is 0 Å². The largest absolute Gasteiger partial charge is 0.397 e. The second-order valence-corrected chi connectivity index (χ2v) is 6.18. The highest BCUT2D eigenvalue weighted by molar-refractivity contribution is 9.10. The van der Waals surface area contributed by atoms with Gasteiger partial charge in [0.1, 0.15) is 0 Å². The van der Waals surface area contributed by atoms with Crippen LogP contribution in [0.4, 0.5) is 11.4 Å². The van der Waals surface area contributed by atoms with Gasteiger partial charge in [0.05, 0.1) is 11.4 Å². The molecule has 0 aliphatic carbocycles. The molecule has 0 saturated heterocycles. The van der Waals surface area contributed by atoms with Gasteiger partial charge in [-0.1, -0.05) is 43.6 Å². The lowest BCUT2D eigenvalue weighted by Crippen LogP contribution is -2.24. The number of halogens is 1. The van der Waals surface area contributed by atoms with Gasteiger partial charge < -0.3 is 11.1 Å². The maximum Gasteiger partial charge on any atom is 0.0585 e. The molecule has 0 heterocycles. The smallest absolute Gasteiger partial charge is 0.0585 e. The average Bonchev–Trinajstić information content (AvgIpc) is 2.22. The summed E-state index contributed by atoms with van der Waals surface area (Å²) in [5.74, 6) is 2.01. The van der Waals surface area contributed by atoms with Crippen LogP contribution in [0.3, 0.4) is 0 Å². The van der Waals surface area contributed by atoms with Crippen molar-refractivity contribution in [2.45, 2.75) is 27.7 Å². The zero-order chi connectivity index (χ0) is 13.0. The Labute approximate surface area is 113 Å². The van der Waals surface area contributed by atoms with Gasteiger partial charge in [0.2, 0.25) is 0 Å². The summed E-state index contributed by atoms with van der Waals surface area (Å²) in [6, 6.07) is 5.92. The number of nitrogen functional groups attached to an aromatic ring is 1. The Kier molecular flexibility index (Phi) is 5.31. The zero-order valence-corrected chi connectivity index (χ0v) is 12.7. The van der Waals surface area contributed by atoms with Crippen LogP contribution >= 0.6 is 15.9 Å². The summed E-state index contributed by atoms with van der Waals surface area (Å²) in [6.45, 7) is 10.1. The van der Waals surface area contributed by atoms with Crippen molar-refractivity contribution in [3.63, 3.8) is 0 Å². The Hall–Kier alpha value is -0.700. The number of rotatable bonds is 5. The van der Waals surface area contributed by atoms with Gasteiger partial charge in [-0.2, -0.15) is 0 Å². The lowest BCUT2D eigenvalue weighted by Gasteiger charge is -2.26. The molecular formula is C14H23BrN2. The number of benzene rings is 1. The fourth-order valence-electron chi connectivity index (χ4n) is 2.15. The van der Waals surface area contributed by atoms with E-state index in [1.165, 1.54) is 0 Å². The van der Waals surface area contributed by atoms with E-state index in [-0.39, 0.29) is 0 Å². The minimum atomic E-state index is 0.661. The van der Waals surface area contributed by atoms with Crippen molar-refractivity contribution in [3.05, 3.63) is 22.7 Å². The second kappa shape index (κ2) is 6.29.